The van der Waals surface area contributed by atoms with Crippen LogP contribution < -0.4 is 10.1 Å². The average molecular weight is 307 g/mol. The second-order valence-corrected chi connectivity index (χ2v) is 3.99. The number of ether oxygens (including phenoxy) is 3. The molecule has 0 aromatic heterocycles. The molecule has 0 heterocycles. The zero-order valence-corrected chi connectivity index (χ0v) is 12.5. The summed E-state index contributed by atoms with van der Waals surface area (Å²) in [6.45, 7) is 1.79. The Labute approximate surface area is 127 Å². The smallest absolute Gasteiger partial charge is 0.342 e. The van der Waals surface area contributed by atoms with Crippen molar-refractivity contribution in [2.45, 2.75) is 6.92 Å². The van der Waals surface area contributed by atoms with E-state index in [0.29, 0.717) is 23.3 Å². The summed E-state index contributed by atoms with van der Waals surface area (Å²) >= 11 is 0. The first-order valence-electron chi connectivity index (χ1n) is 6.42. The molecule has 1 N–H and O–H groups in total. The van der Waals surface area contributed by atoms with Gasteiger partial charge in [-0.2, -0.15) is 0 Å². The van der Waals surface area contributed by atoms with Crippen LogP contribution in [0.15, 0.2) is 30.0 Å². The predicted octanol–water partition coefficient (Wildman–Crippen LogP) is 1.54. The highest BCUT2D eigenvalue weighted by atomic mass is 16.5. The highest BCUT2D eigenvalue weighted by Gasteiger charge is 2.12. The molecule has 1 rings (SSSR count). The summed E-state index contributed by atoms with van der Waals surface area (Å²) in [5.74, 6) is -0.832. The van der Waals surface area contributed by atoms with E-state index in [1.165, 1.54) is 32.6 Å². The van der Waals surface area contributed by atoms with Crippen molar-refractivity contribution >= 4 is 23.9 Å². The monoisotopic (exact) mass is 307 g/mol. The molecule has 0 bridgehead atoms. The highest BCUT2D eigenvalue weighted by molar-refractivity contribution is 6.07. The molecule has 0 aliphatic carbocycles. The van der Waals surface area contributed by atoms with Crippen LogP contribution >= 0.6 is 0 Å². The molecule has 1 aromatic carbocycles. The van der Waals surface area contributed by atoms with E-state index in [1.54, 1.807) is 13.0 Å². The second-order valence-electron chi connectivity index (χ2n) is 3.99. The summed E-state index contributed by atoms with van der Waals surface area (Å²) in [4.78, 5) is 33.9. The SMILES string of the molecule is CCOC(=O)/C(C=O)=C/Nc1cc(C(=O)OC)ccc1OC. The van der Waals surface area contributed by atoms with Crippen molar-refractivity contribution in [3.63, 3.8) is 0 Å². The van der Waals surface area contributed by atoms with E-state index < -0.39 is 11.9 Å². The number of carbonyl (C=O) groups is 3. The van der Waals surface area contributed by atoms with Crippen LogP contribution in [0.1, 0.15) is 17.3 Å². The van der Waals surface area contributed by atoms with Crippen LogP contribution in [0, 0.1) is 0 Å². The standard InChI is InChI=1S/C15H17NO6/c1-4-22-15(19)11(9-17)8-16-12-7-10(14(18)21-3)5-6-13(12)20-2/h5-9,16H,4H2,1-3H3/b11-8+. The lowest BCUT2D eigenvalue weighted by Gasteiger charge is -2.10. The van der Waals surface area contributed by atoms with Gasteiger partial charge in [0.15, 0.2) is 6.29 Å². The first-order chi connectivity index (χ1) is 10.6. The Morgan fingerprint density at radius 2 is 2.00 bits per heavy atom. The van der Waals surface area contributed by atoms with Gasteiger partial charge in [0.2, 0.25) is 0 Å². The Hall–Kier alpha value is -2.83. The molecule has 0 saturated carbocycles. The van der Waals surface area contributed by atoms with Crippen LogP contribution in [-0.4, -0.2) is 39.1 Å². The Kier molecular flexibility index (Phi) is 6.62. The lowest BCUT2D eigenvalue weighted by Crippen LogP contribution is -2.10. The Morgan fingerprint density at radius 1 is 1.27 bits per heavy atom. The average Bonchev–Trinajstić information content (AvgIpc) is 2.54. The largest absolute Gasteiger partial charge is 0.495 e. The number of methoxy groups -OCH3 is 2. The van der Waals surface area contributed by atoms with Gasteiger partial charge in [-0.3, -0.25) is 4.79 Å². The van der Waals surface area contributed by atoms with Crippen molar-refractivity contribution in [3.05, 3.63) is 35.5 Å². The van der Waals surface area contributed by atoms with Crippen LogP contribution in [-0.2, 0) is 19.1 Å². The first-order valence-corrected chi connectivity index (χ1v) is 6.42. The van der Waals surface area contributed by atoms with E-state index in [-0.39, 0.29) is 12.2 Å². The molecule has 0 unspecified atom stereocenters. The van der Waals surface area contributed by atoms with Gasteiger partial charge in [-0.05, 0) is 25.1 Å². The van der Waals surface area contributed by atoms with E-state index in [1.807, 2.05) is 0 Å². The van der Waals surface area contributed by atoms with Crippen LogP contribution in [0.25, 0.3) is 0 Å². The van der Waals surface area contributed by atoms with E-state index >= 15 is 0 Å². The minimum Gasteiger partial charge on any atom is -0.495 e. The minimum absolute atomic E-state index is 0.158. The van der Waals surface area contributed by atoms with Gasteiger partial charge in [0, 0.05) is 6.20 Å². The summed E-state index contributed by atoms with van der Waals surface area (Å²) < 4.78 is 14.5. The van der Waals surface area contributed by atoms with Crippen LogP contribution in [0.2, 0.25) is 0 Å². The molecule has 22 heavy (non-hydrogen) atoms. The zero-order chi connectivity index (χ0) is 16.5. The van der Waals surface area contributed by atoms with Gasteiger partial charge in [-0.25, -0.2) is 9.59 Å². The fourth-order valence-corrected chi connectivity index (χ4v) is 1.58. The molecule has 0 aliphatic heterocycles. The minimum atomic E-state index is -0.743. The molecule has 0 atom stereocenters. The van der Waals surface area contributed by atoms with Crippen LogP contribution in [0.5, 0.6) is 5.75 Å². The van der Waals surface area contributed by atoms with Gasteiger partial charge < -0.3 is 19.5 Å². The lowest BCUT2D eigenvalue weighted by atomic mass is 10.2. The molecule has 7 heteroatoms. The number of hydrogen-bond donors (Lipinski definition) is 1. The fraction of sp³-hybridized carbons (Fsp3) is 0.267. The van der Waals surface area contributed by atoms with Gasteiger partial charge in [-0.1, -0.05) is 0 Å². The first kappa shape index (κ1) is 17.2. The third kappa shape index (κ3) is 4.34. The zero-order valence-electron chi connectivity index (χ0n) is 12.5. The quantitative estimate of drug-likeness (QED) is 0.268. The number of rotatable bonds is 7. The maximum absolute atomic E-state index is 11.5. The topological polar surface area (TPSA) is 90.9 Å². The summed E-state index contributed by atoms with van der Waals surface area (Å²) in [5.41, 5.74) is 0.504. The normalized spacial score (nSPS) is 10.6. The van der Waals surface area contributed by atoms with E-state index in [0.717, 1.165) is 0 Å². The molecular weight excluding hydrogens is 290 g/mol. The van der Waals surface area contributed by atoms with Crippen molar-refractivity contribution in [1.29, 1.82) is 0 Å². The van der Waals surface area contributed by atoms with Gasteiger partial charge in [-0.15, -0.1) is 0 Å². The number of carbonyl (C=O) groups excluding carboxylic acids is 3. The highest BCUT2D eigenvalue weighted by Crippen LogP contribution is 2.26. The van der Waals surface area contributed by atoms with Crippen molar-refractivity contribution in [2.75, 3.05) is 26.1 Å². The number of aldehydes is 1. The van der Waals surface area contributed by atoms with E-state index in [9.17, 15) is 14.4 Å². The van der Waals surface area contributed by atoms with Crippen molar-refractivity contribution in [1.82, 2.24) is 0 Å². The second kappa shape index (κ2) is 8.46. The molecule has 118 valence electrons. The summed E-state index contributed by atoms with van der Waals surface area (Å²) in [6.07, 6.45) is 1.56. The van der Waals surface area contributed by atoms with Crippen LogP contribution in [0.4, 0.5) is 5.69 Å². The molecule has 0 spiro atoms. The molecule has 0 aliphatic rings. The van der Waals surface area contributed by atoms with Gasteiger partial charge in [0.25, 0.3) is 0 Å². The molecule has 0 fully saturated rings. The number of esters is 2. The fourth-order valence-electron chi connectivity index (χ4n) is 1.58. The molecule has 0 amide bonds. The molecule has 0 saturated heterocycles. The third-order valence-electron chi connectivity index (χ3n) is 2.64. The lowest BCUT2D eigenvalue weighted by molar-refractivity contribution is -0.139. The van der Waals surface area contributed by atoms with Gasteiger partial charge in [0.1, 0.15) is 11.3 Å². The molecular formula is C15H17NO6. The Balaban J connectivity index is 3.06. The molecule has 0 radical (unpaired) electrons. The number of anilines is 1. The maximum Gasteiger partial charge on any atom is 0.342 e. The van der Waals surface area contributed by atoms with Crippen molar-refractivity contribution in [3.8, 4) is 5.75 Å². The van der Waals surface area contributed by atoms with E-state index in [2.05, 4.69) is 10.1 Å². The van der Waals surface area contributed by atoms with Gasteiger partial charge in [0.05, 0.1) is 32.1 Å². The summed E-state index contributed by atoms with van der Waals surface area (Å²) in [7, 11) is 2.72. The van der Waals surface area contributed by atoms with Crippen LogP contribution in [0.3, 0.4) is 0 Å². The summed E-state index contributed by atoms with van der Waals surface area (Å²) in [5, 5.41) is 2.75. The molecule has 7 nitrogen and oxygen atoms in total. The number of benzene rings is 1. The maximum atomic E-state index is 11.5. The Bertz CT molecular complexity index is 594. The molecule has 1 aromatic rings. The summed E-state index contributed by atoms with van der Waals surface area (Å²) in [6, 6.07) is 4.58. The van der Waals surface area contributed by atoms with Gasteiger partial charge >= 0.3 is 11.9 Å². The Morgan fingerprint density at radius 3 is 2.55 bits per heavy atom. The third-order valence-corrected chi connectivity index (χ3v) is 2.64. The number of nitrogens with one attached hydrogen (secondary N) is 1. The predicted molar refractivity (Wildman–Crippen MR) is 78.7 cm³/mol. The number of hydrogen-bond acceptors (Lipinski definition) is 7. The van der Waals surface area contributed by atoms with Crippen molar-refractivity contribution in [2.24, 2.45) is 0 Å². The van der Waals surface area contributed by atoms with Crippen molar-refractivity contribution < 1.29 is 28.6 Å². The van der Waals surface area contributed by atoms with E-state index in [4.69, 9.17) is 9.47 Å².